The Bertz CT molecular complexity index is 971. The fraction of sp³-hybridized carbons (Fsp3) is 0.500. The molecule has 0 saturated heterocycles. The van der Waals surface area contributed by atoms with E-state index in [1.165, 1.54) is 67.5 Å². The van der Waals surface area contributed by atoms with Crippen LogP contribution < -0.4 is 5.32 Å². The third kappa shape index (κ3) is 3.67. The maximum Gasteiger partial charge on any atom is 0.0537 e. The van der Waals surface area contributed by atoms with Crippen LogP contribution in [0.4, 0.5) is 5.69 Å². The van der Waals surface area contributed by atoms with Crippen LogP contribution in [0, 0.1) is 0 Å². The summed E-state index contributed by atoms with van der Waals surface area (Å²) in [7, 11) is 0. The van der Waals surface area contributed by atoms with Crippen LogP contribution in [0.3, 0.4) is 0 Å². The van der Waals surface area contributed by atoms with Crippen LogP contribution in [-0.2, 0) is 5.41 Å². The van der Waals surface area contributed by atoms with Gasteiger partial charge in [-0.05, 0) is 97.4 Å². The minimum absolute atomic E-state index is 0.196. The van der Waals surface area contributed by atoms with Gasteiger partial charge in [-0.1, -0.05) is 49.0 Å². The van der Waals surface area contributed by atoms with Gasteiger partial charge in [-0.25, -0.2) is 0 Å². The minimum atomic E-state index is 0.196. The number of hydrogen-bond acceptors (Lipinski definition) is 2. The molecular formula is C26H30Cl2N2. The average Bonchev–Trinajstić information content (AvgIpc) is 3.18. The summed E-state index contributed by atoms with van der Waals surface area (Å²) in [5.74, 6) is 0. The Morgan fingerprint density at radius 1 is 1.07 bits per heavy atom. The molecule has 1 heterocycles. The number of nitrogens with zero attached hydrogens (tertiary/aromatic N) is 1. The third-order valence-electron chi connectivity index (χ3n) is 7.49. The standard InChI is InChI=1S/C26H30Cl2N2/c1-2-23(29-19-6-5-7-19)17-8-11-24-21(14-17)26(12-3-4-13-26)16-25(30-24)20-15-18(27)9-10-22(20)28/h8-11,14-15,19,25,30H,2-7,12-13,16H2,1H3. The van der Waals surface area contributed by atoms with E-state index in [2.05, 4.69) is 30.4 Å². The Morgan fingerprint density at radius 2 is 1.87 bits per heavy atom. The van der Waals surface area contributed by atoms with Crippen molar-refractivity contribution in [1.82, 2.24) is 0 Å². The van der Waals surface area contributed by atoms with Gasteiger partial charge in [0.25, 0.3) is 0 Å². The summed E-state index contributed by atoms with van der Waals surface area (Å²) in [5.41, 5.74) is 6.67. The molecule has 1 N–H and O–H groups in total. The number of anilines is 1. The van der Waals surface area contributed by atoms with E-state index in [1.807, 2.05) is 18.2 Å². The number of aliphatic imine (C=N–C) groups is 1. The zero-order valence-electron chi connectivity index (χ0n) is 17.7. The number of benzene rings is 2. The van der Waals surface area contributed by atoms with E-state index < -0.39 is 0 Å². The van der Waals surface area contributed by atoms with Gasteiger partial charge < -0.3 is 5.32 Å². The van der Waals surface area contributed by atoms with Crippen LogP contribution in [0.2, 0.25) is 10.0 Å². The highest BCUT2D eigenvalue weighted by Gasteiger charge is 2.43. The zero-order chi connectivity index (χ0) is 20.7. The fourth-order valence-electron chi connectivity index (χ4n) is 5.63. The number of halogens is 2. The molecule has 0 amide bonds. The molecule has 1 aliphatic heterocycles. The molecule has 2 aliphatic carbocycles. The molecule has 2 aromatic rings. The lowest BCUT2D eigenvalue weighted by atomic mass is 9.69. The maximum atomic E-state index is 6.59. The molecule has 3 aliphatic rings. The summed E-state index contributed by atoms with van der Waals surface area (Å²) in [5, 5.41) is 5.34. The predicted octanol–water partition coefficient (Wildman–Crippen LogP) is 8.11. The van der Waals surface area contributed by atoms with E-state index in [-0.39, 0.29) is 11.5 Å². The van der Waals surface area contributed by atoms with Gasteiger partial charge >= 0.3 is 0 Å². The smallest absolute Gasteiger partial charge is 0.0537 e. The van der Waals surface area contributed by atoms with Crippen molar-refractivity contribution in [1.29, 1.82) is 0 Å². The molecule has 2 saturated carbocycles. The lowest BCUT2D eigenvalue weighted by molar-refractivity contribution is 0.366. The van der Waals surface area contributed by atoms with Crippen LogP contribution in [0.1, 0.15) is 87.4 Å². The Morgan fingerprint density at radius 3 is 2.57 bits per heavy atom. The third-order valence-corrected chi connectivity index (χ3v) is 8.07. The molecule has 0 bridgehead atoms. The van der Waals surface area contributed by atoms with Gasteiger partial charge in [0.1, 0.15) is 0 Å². The van der Waals surface area contributed by atoms with Crippen molar-refractivity contribution in [2.24, 2.45) is 4.99 Å². The summed E-state index contributed by atoms with van der Waals surface area (Å²) in [6.07, 6.45) is 11.0. The molecule has 4 heteroatoms. The van der Waals surface area contributed by atoms with Crippen molar-refractivity contribution in [2.45, 2.75) is 82.2 Å². The number of rotatable bonds is 4. The Balaban J connectivity index is 1.54. The lowest BCUT2D eigenvalue weighted by Crippen LogP contribution is -2.34. The monoisotopic (exact) mass is 440 g/mol. The first-order valence-corrected chi connectivity index (χ1v) is 12.3. The van der Waals surface area contributed by atoms with E-state index in [0.29, 0.717) is 6.04 Å². The van der Waals surface area contributed by atoms with Gasteiger partial charge in [-0.15, -0.1) is 0 Å². The van der Waals surface area contributed by atoms with Gasteiger partial charge in [0.05, 0.1) is 12.1 Å². The molecule has 158 valence electrons. The molecule has 2 nitrogen and oxygen atoms in total. The maximum absolute atomic E-state index is 6.59. The molecule has 2 fully saturated rings. The molecule has 30 heavy (non-hydrogen) atoms. The average molecular weight is 441 g/mol. The predicted molar refractivity (Wildman–Crippen MR) is 128 cm³/mol. The zero-order valence-corrected chi connectivity index (χ0v) is 19.2. The first-order valence-electron chi connectivity index (χ1n) is 11.5. The summed E-state index contributed by atoms with van der Waals surface area (Å²) >= 11 is 12.9. The van der Waals surface area contributed by atoms with Gasteiger partial charge in [0.15, 0.2) is 0 Å². The second-order valence-electron chi connectivity index (χ2n) is 9.33. The van der Waals surface area contributed by atoms with E-state index in [9.17, 15) is 0 Å². The van der Waals surface area contributed by atoms with Gasteiger partial charge in [-0.3, -0.25) is 4.99 Å². The van der Waals surface area contributed by atoms with Crippen molar-refractivity contribution < 1.29 is 0 Å². The molecular weight excluding hydrogens is 411 g/mol. The quantitative estimate of drug-likeness (QED) is 0.476. The van der Waals surface area contributed by atoms with Crippen LogP contribution in [0.5, 0.6) is 0 Å². The molecule has 2 aromatic carbocycles. The first kappa shape index (κ1) is 20.4. The van der Waals surface area contributed by atoms with Crippen LogP contribution in [-0.4, -0.2) is 11.8 Å². The van der Waals surface area contributed by atoms with Gasteiger partial charge in [-0.2, -0.15) is 0 Å². The highest BCUT2D eigenvalue weighted by molar-refractivity contribution is 6.33. The molecule has 5 rings (SSSR count). The minimum Gasteiger partial charge on any atom is -0.378 e. The highest BCUT2D eigenvalue weighted by Crippen LogP contribution is 2.54. The topological polar surface area (TPSA) is 24.4 Å². The summed E-state index contributed by atoms with van der Waals surface area (Å²) in [6.45, 7) is 2.23. The Labute approximate surface area is 190 Å². The van der Waals surface area contributed by atoms with Crippen molar-refractivity contribution in [3.8, 4) is 0 Å². The van der Waals surface area contributed by atoms with E-state index >= 15 is 0 Å². The van der Waals surface area contributed by atoms with Crippen molar-refractivity contribution in [2.75, 3.05) is 5.32 Å². The summed E-state index contributed by atoms with van der Waals surface area (Å²) < 4.78 is 0. The first-order chi connectivity index (χ1) is 14.6. The van der Waals surface area contributed by atoms with Crippen LogP contribution >= 0.6 is 23.2 Å². The molecule has 0 aromatic heterocycles. The summed E-state index contributed by atoms with van der Waals surface area (Å²) in [6, 6.07) is 13.6. The van der Waals surface area contributed by atoms with Gasteiger partial charge in [0.2, 0.25) is 0 Å². The largest absolute Gasteiger partial charge is 0.378 e. The van der Waals surface area contributed by atoms with Crippen LogP contribution in [0.15, 0.2) is 41.4 Å². The molecule has 1 atom stereocenters. The number of fused-ring (bicyclic) bond motifs is 2. The fourth-order valence-corrected chi connectivity index (χ4v) is 6.06. The normalized spacial score (nSPS) is 23.2. The van der Waals surface area contributed by atoms with Gasteiger partial charge in [0, 0.05) is 21.4 Å². The van der Waals surface area contributed by atoms with E-state index in [1.54, 1.807) is 0 Å². The Hall–Kier alpha value is -1.51. The highest BCUT2D eigenvalue weighted by atomic mass is 35.5. The second-order valence-corrected chi connectivity index (χ2v) is 10.2. The van der Waals surface area contributed by atoms with E-state index in [4.69, 9.17) is 28.2 Å². The molecule has 1 unspecified atom stereocenters. The summed E-state index contributed by atoms with van der Waals surface area (Å²) in [4.78, 5) is 5.08. The van der Waals surface area contributed by atoms with Crippen molar-refractivity contribution in [3.63, 3.8) is 0 Å². The van der Waals surface area contributed by atoms with Crippen molar-refractivity contribution in [3.05, 3.63) is 63.1 Å². The molecule has 0 radical (unpaired) electrons. The lowest BCUT2D eigenvalue weighted by Gasteiger charge is -2.42. The van der Waals surface area contributed by atoms with E-state index in [0.717, 1.165) is 28.5 Å². The SMILES string of the molecule is CCC(=NC1CCC1)c1ccc2c(c1)C1(CCCC1)CC(c1cc(Cl)ccc1Cl)N2. The Kier molecular flexibility index (Phi) is 5.58. The van der Waals surface area contributed by atoms with Crippen molar-refractivity contribution >= 4 is 34.6 Å². The van der Waals surface area contributed by atoms with Crippen LogP contribution in [0.25, 0.3) is 0 Å². The number of hydrogen-bond donors (Lipinski definition) is 1. The number of nitrogens with one attached hydrogen (secondary N) is 1. The second kappa shape index (κ2) is 8.20. The molecule has 1 spiro atoms.